The minimum absolute atomic E-state index is 0.270. The molecule has 0 unspecified atom stereocenters. The van der Waals surface area contributed by atoms with Crippen molar-refractivity contribution in [1.29, 1.82) is 5.41 Å². The number of halogens is 2. The van der Waals surface area contributed by atoms with E-state index in [4.69, 9.17) is 17.0 Å². The topological polar surface area (TPSA) is 23.9 Å². The lowest BCUT2D eigenvalue weighted by Crippen LogP contribution is -1.99. The molecule has 1 aromatic carbocycles. The van der Waals surface area contributed by atoms with Crippen molar-refractivity contribution in [1.82, 2.24) is 0 Å². The van der Waals surface area contributed by atoms with Crippen molar-refractivity contribution in [2.75, 3.05) is 5.88 Å². The summed E-state index contributed by atoms with van der Waals surface area (Å²) in [6, 6.07) is 5.97. The van der Waals surface area contributed by atoms with Crippen LogP contribution in [0.5, 0.6) is 0 Å². The first-order valence-corrected chi connectivity index (χ1v) is 4.67. The van der Waals surface area contributed by atoms with Gasteiger partial charge in [0.2, 0.25) is 0 Å². The monoisotopic (exact) mass is 199 g/mol. The fourth-order valence-corrected chi connectivity index (χ4v) is 1.17. The third-order valence-electron chi connectivity index (χ3n) is 1.75. The van der Waals surface area contributed by atoms with E-state index in [0.717, 1.165) is 12.0 Å². The highest BCUT2D eigenvalue weighted by Crippen LogP contribution is 2.07. The van der Waals surface area contributed by atoms with Crippen LogP contribution in [-0.2, 0) is 0 Å². The van der Waals surface area contributed by atoms with E-state index < -0.39 is 0 Å². The summed E-state index contributed by atoms with van der Waals surface area (Å²) in [6.45, 7) is 0. The molecule has 70 valence electrons. The Morgan fingerprint density at radius 3 is 2.46 bits per heavy atom. The van der Waals surface area contributed by atoms with Gasteiger partial charge in [-0.05, 0) is 30.5 Å². The molecule has 0 aliphatic rings. The van der Waals surface area contributed by atoms with Crippen molar-refractivity contribution < 1.29 is 4.39 Å². The molecule has 3 heteroatoms. The Labute approximate surface area is 82.0 Å². The van der Waals surface area contributed by atoms with Crippen LogP contribution >= 0.6 is 11.6 Å². The van der Waals surface area contributed by atoms with Gasteiger partial charge in [-0.2, -0.15) is 0 Å². The molecule has 0 aliphatic carbocycles. The number of rotatable bonds is 4. The van der Waals surface area contributed by atoms with Gasteiger partial charge in [0.05, 0.1) is 0 Å². The van der Waals surface area contributed by atoms with E-state index in [1.54, 1.807) is 12.1 Å². The van der Waals surface area contributed by atoms with Crippen molar-refractivity contribution >= 4 is 17.3 Å². The van der Waals surface area contributed by atoms with E-state index in [9.17, 15) is 4.39 Å². The summed E-state index contributed by atoms with van der Waals surface area (Å²) >= 11 is 5.50. The van der Waals surface area contributed by atoms with Crippen LogP contribution < -0.4 is 0 Å². The minimum atomic E-state index is -0.270. The van der Waals surface area contributed by atoms with Crippen LogP contribution in [0.3, 0.4) is 0 Å². The molecule has 1 N–H and O–H groups in total. The molecule has 1 rings (SSSR count). The Balaban J connectivity index is 2.61. The largest absolute Gasteiger partial charge is 0.305 e. The molecule has 0 aliphatic heterocycles. The second-order valence-corrected chi connectivity index (χ2v) is 3.16. The summed E-state index contributed by atoms with van der Waals surface area (Å²) in [4.78, 5) is 0. The summed E-state index contributed by atoms with van der Waals surface area (Å²) in [5.74, 6) is 0.290. The normalized spacial score (nSPS) is 10.0. The average Bonchev–Trinajstić information content (AvgIpc) is 2.15. The van der Waals surface area contributed by atoms with Gasteiger partial charge in [-0.15, -0.1) is 11.6 Å². The van der Waals surface area contributed by atoms with Crippen LogP contribution in [0, 0.1) is 11.2 Å². The van der Waals surface area contributed by atoms with Crippen LogP contribution in [-0.4, -0.2) is 11.6 Å². The highest BCUT2D eigenvalue weighted by atomic mass is 35.5. The summed E-state index contributed by atoms with van der Waals surface area (Å²) in [6.07, 6.45) is 1.44. The number of alkyl halides is 1. The zero-order chi connectivity index (χ0) is 9.68. The highest BCUT2D eigenvalue weighted by molar-refractivity contribution is 6.18. The van der Waals surface area contributed by atoms with Crippen molar-refractivity contribution in [3.8, 4) is 0 Å². The van der Waals surface area contributed by atoms with Crippen LogP contribution in [0.1, 0.15) is 18.4 Å². The SMILES string of the molecule is N=C(CCCCl)c1ccc(F)cc1. The Kier molecular flexibility index (Phi) is 3.90. The molecule has 0 saturated heterocycles. The van der Waals surface area contributed by atoms with Gasteiger partial charge < -0.3 is 5.41 Å². The molecular weight excluding hydrogens is 189 g/mol. The first-order valence-electron chi connectivity index (χ1n) is 4.13. The van der Waals surface area contributed by atoms with E-state index in [2.05, 4.69) is 0 Å². The quantitative estimate of drug-likeness (QED) is 0.569. The predicted molar refractivity (Wildman–Crippen MR) is 53.2 cm³/mol. The molecule has 1 nitrogen and oxygen atoms in total. The van der Waals surface area contributed by atoms with Gasteiger partial charge in [0.15, 0.2) is 0 Å². The zero-order valence-corrected chi connectivity index (χ0v) is 7.94. The zero-order valence-electron chi connectivity index (χ0n) is 7.19. The van der Waals surface area contributed by atoms with E-state index in [0.29, 0.717) is 18.0 Å². The Hall–Kier alpha value is -0.890. The van der Waals surface area contributed by atoms with E-state index >= 15 is 0 Å². The number of benzene rings is 1. The van der Waals surface area contributed by atoms with E-state index in [-0.39, 0.29) is 5.82 Å². The van der Waals surface area contributed by atoms with Gasteiger partial charge in [0.25, 0.3) is 0 Å². The lowest BCUT2D eigenvalue weighted by Gasteiger charge is -2.01. The summed E-state index contributed by atoms with van der Waals surface area (Å²) in [5.41, 5.74) is 1.28. The fraction of sp³-hybridized carbons (Fsp3) is 0.300. The maximum Gasteiger partial charge on any atom is 0.123 e. The van der Waals surface area contributed by atoms with Crippen LogP contribution in [0.15, 0.2) is 24.3 Å². The maximum absolute atomic E-state index is 12.5. The minimum Gasteiger partial charge on any atom is -0.305 e. The van der Waals surface area contributed by atoms with Crippen molar-refractivity contribution in [3.63, 3.8) is 0 Å². The predicted octanol–water partition coefficient (Wildman–Crippen LogP) is 3.21. The maximum atomic E-state index is 12.5. The van der Waals surface area contributed by atoms with Crippen LogP contribution in [0.25, 0.3) is 0 Å². The summed E-state index contributed by atoms with van der Waals surface area (Å²) in [5, 5.41) is 7.62. The Morgan fingerprint density at radius 2 is 1.92 bits per heavy atom. The van der Waals surface area contributed by atoms with E-state index in [1.165, 1.54) is 12.1 Å². The Bertz CT molecular complexity index is 281. The fourth-order valence-electron chi connectivity index (χ4n) is 1.04. The van der Waals surface area contributed by atoms with Gasteiger partial charge >= 0.3 is 0 Å². The molecule has 1 aromatic rings. The first kappa shape index (κ1) is 10.2. The standard InChI is InChI=1S/C10H11ClFN/c11-7-1-2-10(13)8-3-5-9(12)6-4-8/h3-6,13H,1-2,7H2. The lowest BCUT2D eigenvalue weighted by molar-refractivity contribution is 0.627. The van der Waals surface area contributed by atoms with Gasteiger partial charge in [-0.3, -0.25) is 0 Å². The Morgan fingerprint density at radius 1 is 1.31 bits per heavy atom. The molecule has 0 heterocycles. The van der Waals surface area contributed by atoms with Crippen LogP contribution in [0.4, 0.5) is 4.39 Å². The second kappa shape index (κ2) is 4.97. The van der Waals surface area contributed by atoms with Crippen LogP contribution in [0.2, 0.25) is 0 Å². The molecular formula is C10H11ClFN. The molecule has 0 bridgehead atoms. The molecule has 0 aromatic heterocycles. The first-order chi connectivity index (χ1) is 6.24. The third kappa shape index (κ3) is 3.15. The second-order valence-electron chi connectivity index (χ2n) is 2.78. The average molecular weight is 200 g/mol. The third-order valence-corrected chi connectivity index (χ3v) is 2.02. The molecule has 0 radical (unpaired) electrons. The molecule has 13 heavy (non-hydrogen) atoms. The summed E-state index contributed by atoms with van der Waals surface area (Å²) < 4.78 is 12.5. The van der Waals surface area contributed by atoms with Crippen molar-refractivity contribution in [2.45, 2.75) is 12.8 Å². The molecule has 0 amide bonds. The highest BCUT2D eigenvalue weighted by Gasteiger charge is 2.00. The van der Waals surface area contributed by atoms with Gasteiger partial charge in [0.1, 0.15) is 5.82 Å². The smallest absolute Gasteiger partial charge is 0.123 e. The van der Waals surface area contributed by atoms with Gasteiger partial charge in [-0.25, -0.2) is 4.39 Å². The molecule has 0 spiro atoms. The number of hydrogen-bond donors (Lipinski definition) is 1. The lowest BCUT2D eigenvalue weighted by atomic mass is 10.1. The number of hydrogen-bond acceptors (Lipinski definition) is 1. The summed E-state index contributed by atoms with van der Waals surface area (Å²) in [7, 11) is 0. The van der Waals surface area contributed by atoms with Gasteiger partial charge in [-0.1, -0.05) is 12.1 Å². The molecule has 0 saturated carbocycles. The molecule has 0 atom stereocenters. The van der Waals surface area contributed by atoms with Gasteiger partial charge in [0, 0.05) is 11.6 Å². The van der Waals surface area contributed by atoms with Crippen molar-refractivity contribution in [2.24, 2.45) is 0 Å². The number of nitrogens with one attached hydrogen (secondary N) is 1. The molecule has 0 fully saturated rings. The van der Waals surface area contributed by atoms with E-state index in [1.807, 2.05) is 0 Å². The van der Waals surface area contributed by atoms with Crippen molar-refractivity contribution in [3.05, 3.63) is 35.6 Å².